The molecular formula is C10H19NO5S. The first kappa shape index (κ1) is 15.9. The standard InChI is InChI=1S/C10H19NO5S/c1-4-5-7(2)17(15,16)6-9(10(13)14)11-8(3)12/h7,9H,4-6H2,1-3H3,(H,11,12)(H,13,14)/t7?,9-/m0/s1. The molecule has 1 unspecified atom stereocenters. The van der Waals surface area contributed by atoms with Crippen LogP contribution >= 0.6 is 0 Å². The quantitative estimate of drug-likeness (QED) is 0.684. The Morgan fingerprint density at radius 3 is 2.24 bits per heavy atom. The van der Waals surface area contributed by atoms with Crippen LogP contribution in [0.5, 0.6) is 0 Å². The number of aliphatic carboxylic acids is 1. The molecule has 0 bridgehead atoms. The molecule has 0 radical (unpaired) electrons. The van der Waals surface area contributed by atoms with Crippen molar-refractivity contribution in [3.8, 4) is 0 Å². The maximum atomic E-state index is 11.8. The topological polar surface area (TPSA) is 101 Å². The summed E-state index contributed by atoms with van der Waals surface area (Å²) >= 11 is 0. The number of sulfone groups is 1. The number of carboxylic acid groups (broad SMARTS) is 1. The molecule has 100 valence electrons. The number of hydrogen-bond donors (Lipinski definition) is 2. The van der Waals surface area contributed by atoms with Crippen LogP contribution in [0, 0.1) is 0 Å². The summed E-state index contributed by atoms with van der Waals surface area (Å²) in [7, 11) is -3.51. The number of carbonyl (C=O) groups excluding carboxylic acids is 1. The number of amides is 1. The molecule has 0 aromatic heterocycles. The number of carbonyl (C=O) groups is 2. The van der Waals surface area contributed by atoms with Crippen LogP contribution in [-0.4, -0.2) is 42.4 Å². The van der Waals surface area contributed by atoms with Gasteiger partial charge in [0.25, 0.3) is 0 Å². The Labute approximate surface area is 101 Å². The Hall–Kier alpha value is -1.11. The van der Waals surface area contributed by atoms with Crippen LogP contribution in [0.2, 0.25) is 0 Å². The van der Waals surface area contributed by atoms with E-state index >= 15 is 0 Å². The van der Waals surface area contributed by atoms with Crippen LogP contribution in [0.15, 0.2) is 0 Å². The van der Waals surface area contributed by atoms with E-state index in [1.807, 2.05) is 6.92 Å². The second-order valence-electron chi connectivity index (χ2n) is 4.02. The first-order valence-electron chi connectivity index (χ1n) is 5.42. The van der Waals surface area contributed by atoms with Crippen LogP contribution in [0.25, 0.3) is 0 Å². The third-order valence-electron chi connectivity index (χ3n) is 2.38. The van der Waals surface area contributed by atoms with E-state index in [9.17, 15) is 18.0 Å². The van der Waals surface area contributed by atoms with Crippen molar-refractivity contribution in [1.82, 2.24) is 5.32 Å². The van der Waals surface area contributed by atoms with Gasteiger partial charge in [-0.25, -0.2) is 13.2 Å². The third kappa shape index (κ3) is 5.67. The van der Waals surface area contributed by atoms with Crippen LogP contribution in [0.3, 0.4) is 0 Å². The predicted octanol–water partition coefficient (Wildman–Crippen LogP) is 0.179. The van der Waals surface area contributed by atoms with Crippen molar-refractivity contribution >= 4 is 21.7 Å². The molecule has 0 aliphatic rings. The monoisotopic (exact) mass is 265 g/mol. The van der Waals surface area contributed by atoms with Crippen molar-refractivity contribution in [2.75, 3.05) is 5.75 Å². The third-order valence-corrected chi connectivity index (χ3v) is 4.64. The maximum absolute atomic E-state index is 11.8. The predicted molar refractivity (Wildman–Crippen MR) is 63.4 cm³/mol. The summed E-state index contributed by atoms with van der Waals surface area (Å²) in [5, 5.41) is 10.3. The first-order chi connectivity index (χ1) is 7.70. The average Bonchev–Trinajstić information content (AvgIpc) is 2.15. The molecule has 0 rings (SSSR count). The van der Waals surface area contributed by atoms with Gasteiger partial charge in [0.1, 0.15) is 6.04 Å². The molecule has 6 nitrogen and oxygen atoms in total. The Balaban J connectivity index is 4.75. The van der Waals surface area contributed by atoms with Crippen LogP contribution in [-0.2, 0) is 19.4 Å². The van der Waals surface area contributed by atoms with Crippen molar-refractivity contribution in [2.45, 2.75) is 44.9 Å². The van der Waals surface area contributed by atoms with Gasteiger partial charge in [-0.3, -0.25) is 4.79 Å². The second kappa shape index (κ2) is 6.58. The minimum Gasteiger partial charge on any atom is -0.480 e. The Morgan fingerprint density at radius 2 is 1.88 bits per heavy atom. The van der Waals surface area contributed by atoms with Crippen molar-refractivity contribution in [3.05, 3.63) is 0 Å². The molecule has 1 amide bonds. The summed E-state index contributed by atoms with van der Waals surface area (Å²) in [5.74, 6) is -2.47. The smallest absolute Gasteiger partial charge is 0.327 e. The zero-order valence-corrected chi connectivity index (χ0v) is 11.1. The maximum Gasteiger partial charge on any atom is 0.327 e. The molecule has 0 saturated carbocycles. The Morgan fingerprint density at radius 1 is 1.35 bits per heavy atom. The lowest BCUT2D eigenvalue weighted by Gasteiger charge is -2.17. The Bertz CT molecular complexity index is 376. The van der Waals surface area contributed by atoms with Gasteiger partial charge < -0.3 is 10.4 Å². The molecule has 0 spiro atoms. The van der Waals surface area contributed by atoms with Gasteiger partial charge in [0.2, 0.25) is 5.91 Å². The fourth-order valence-corrected chi connectivity index (χ4v) is 3.02. The summed E-state index contributed by atoms with van der Waals surface area (Å²) in [6, 6.07) is -1.38. The Kier molecular flexibility index (Phi) is 6.15. The van der Waals surface area contributed by atoms with Gasteiger partial charge in [0, 0.05) is 6.92 Å². The van der Waals surface area contributed by atoms with Crippen LogP contribution < -0.4 is 5.32 Å². The minimum absolute atomic E-state index is 0.481. The number of hydrogen-bond acceptors (Lipinski definition) is 4. The van der Waals surface area contributed by atoms with Gasteiger partial charge in [-0.15, -0.1) is 0 Å². The highest BCUT2D eigenvalue weighted by molar-refractivity contribution is 7.92. The lowest BCUT2D eigenvalue weighted by atomic mass is 10.3. The van der Waals surface area contributed by atoms with Gasteiger partial charge in [-0.1, -0.05) is 13.3 Å². The van der Waals surface area contributed by atoms with E-state index in [-0.39, 0.29) is 0 Å². The molecule has 0 aliphatic heterocycles. The SMILES string of the molecule is CCCC(C)S(=O)(=O)C[C@H](NC(C)=O)C(=O)O. The molecular weight excluding hydrogens is 246 g/mol. The number of carboxylic acids is 1. The number of nitrogens with one attached hydrogen (secondary N) is 1. The summed E-state index contributed by atoms with van der Waals surface area (Å²) in [4.78, 5) is 21.6. The van der Waals surface area contributed by atoms with E-state index < -0.39 is 38.8 Å². The zero-order chi connectivity index (χ0) is 13.6. The van der Waals surface area contributed by atoms with E-state index in [2.05, 4.69) is 5.32 Å². The van der Waals surface area contributed by atoms with E-state index in [0.717, 1.165) is 6.92 Å². The highest BCUT2D eigenvalue weighted by Gasteiger charge is 2.29. The molecule has 7 heteroatoms. The van der Waals surface area contributed by atoms with E-state index in [0.29, 0.717) is 12.8 Å². The molecule has 2 N–H and O–H groups in total. The van der Waals surface area contributed by atoms with E-state index in [1.165, 1.54) is 0 Å². The highest BCUT2D eigenvalue weighted by atomic mass is 32.2. The molecule has 0 saturated heterocycles. The van der Waals surface area contributed by atoms with Gasteiger partial charge in [0.05, 0.1) is 11.0 Å². The van der Waals surface area contributed by atoms with Crippen LogP contribution in [0.1, 0.15) is 33.6 Å². The summed E-state index contributed by atoms with van der Waals surface area (Å²) in [5.41, 5.74) is 0. The molecule has 0 heterocycles. The fraction of sp³-hybridized carbons (Fsp3) is 0.800. The van der Waals surface area contributed by atoms with Crippen molar-refractivity contribution < 1.29 is 23.1 Å². The van der Waals surface area contributed by atoms with Gasteiger partial charge >= 0.3 is 5.97 Å². The van der Waals surface area contributed by atoms with Crippen molar-refractivity contribution in [1.29, 1.82) is 0 Å². The van der Waals surface area contributed by atoms with Crippen molar-refractivity contribution in [2.24, 2.45) is 0 Å². The average molecular weight is 265 g/mol. The first-order valence-corrected chi connectivity index (χ1v) is 7.13. The van der Waals surface area contributed by atoms with Gasteiger partial charge in [-0.05, 0) is 13.3 Å². The summed E-state index contributed by atoms with van der Waals surface area (Å²) < 4.78 is 23.6. The molecule has 0 aromatic rings. The molecule has 17 heavy (non-hydrogen) atoms. The molecule has 0 aliphatic carbocycles. The molecule has 0 aromatic carbocycles. The molecule has 2 atom stereocenters. The lowest BCUT2D eigenvalue weighted by Crippen LogP contribution is -2.45. The van der Waals surface area contributed by atoms with E-state index in [1.54, 1.807) is 6.92 Å². The largest absolute Gasteiger partial charge is 0.480 e. The lowest BCUT2D eigenvalue weighted by molar-refractivity contribution is -0.140. The molecule has 0 fully saturated rings. The van der Waals surface area contributed by atoms with Crippen LogP contribution in [0.4, 0.5) is 0 Å². The number of rotatable bonds is 7. The van der Waals surface area contributed by atoms with E-state index in [4.69, 9.17) is 5.11 Å². The van der Waals surface area contributed by atoms with Gasteiger partial charge in [-0.2, -0.15) is 0 Å². The summed E-state index contributed by atoms with van der Waals surface area (Å²) in [6.07, 6.45) is 1.19. The zero-order valence-electron chi connectivity index (χ0n) is 10.3. The van der Waals surface area contributed by atoms with Crippen molar-refractivity contribution in [3.63, 3.8) is 0 Å². The highest BCUT2D eigenvalue weighted by Crippen LogP contribution is 2.10. The summed E-state index contributed by atoms with van der Waals surface area (Å²) in [6.45, 7) is 4.55. The fourth-order valence-electron chi connectivity index (χ4n) is 1.40. The second-order valence-corrected chi connectivity index (χ2v) is 6.48. The minimum atomic E-state index is -3.51. The normalized spacial score (nSPS) is 15.0. The van der Waals surface area contributed by atoms with Gasteiger partial charge in [0.15, 0.2) is 9.84 Å².